The first-order valence-corrected chi connectivity index (χ1v) is 12.2. The molecule has 6 nitrogen and oxygen atoms in total. The van der Waals surface area contributed by atoms with E-state index < -0.39 is 12.1 Å². The standard InChI is InChI=1S/C29H35N3O3/c1-3-17-30-28(34)24-15-10-16-25(19-24)29(35)32-26(18-22-11-6-4-7-12-22)27(33)20-31-21(2)23-13-8-5-9-14-23/h4-16,19,21,26-27,31,33H,3,17-18,20H2,1-2H3,(H,30,34)(H,32,35)/t21-,26+,27-/m1/s1. The minimum Gasteiger partial charge on any atom is -0.390 e. The second-order valence-corrected chi connectivity index (χ2v) is 8.71. The fraction of sp³-hybridized carbons (Fsp3) is 0.310. The molecule has 0 aliphatic heterocycles. The van der Waals surface area contributed by atoms with Crippen molar-refractivity contribution in [2.75, 3.05) is 13.1 Å². The van der Waals surface area contributed by atoms with Gasteiger partial charge in [-0.25, -0.2) is 0 Å². The van der Waals surface area contributed by atoms with Crippen LogP contribution in [0.25, 0.3) is 0 Å². The van der Waals surface area contributed by atoms with Crippen LogP contribution in [0.4, 0.5) is 0 Å². The van der Waals surface area contributed by atoms with Crippen LogP contribution >= 0.6 is 0 Å². The summed E-state index contributed by atoms with van der Waals surface area (Å²) in [6.45, 7) is 4.92. The molecule has 3 aromatic rings. The van der Waals surface area contributed by atoms with Crippen LogP contribution in [0.1, 0.15) is 58.2 Å². The van der Waals surface area contributed by atoms with E-state index in [1.165, 1.54) is 0 Å². The second kappa shape index (κ2) is 13.4. The number of aliphatic hydroxyl groups is 1. The summed E-state index contributed by atoms with van der Waals surface area (Å²) in [5.74, 6) is -0.535. The molecule has 0 saturated heterocycles. The maximum Gasteiger partial charge on any atom is 0.251 e. The van der Waals surface area contributed by atoms with Gasteiger partial charge in [-0.2, -0.15) is 0 Å². The quantitative estimate of drug-likeness (QED) is 0.321. The number of rotatable bonds is 12. The summed E-state index contributed by atoms with van der Waals surface area (Å²) in [5.41, 5.74) is 2.96. The van der Waals surface area contributed by atoms with E-state index in [2.05, 4.69) is 16.0 Å². The zero-order valence-electron chi connectivity index (χ0n) is 20.4. The van der Waals surface area contributed by atoms with Crippen LogP contribution in [0.5, 0.6) is 0 Å². The average Bonchev–Trinajstić information content (AvgIpc) is 2.90. The molecule has 3 atom stereocenters. The normalized spacial score (nSPS) is 13.5. The smallest absolute Gasteiger partial charge is 0.251 e. The molecule has 0 saturated carbocycles. The van der Waals surface area contributed by atoms with E-state index in [0.29, 0.717) is 30.6 Å². The molecule has 3 rings (SSSR count). The molecule has 0 heterocycles. The topological polar surface area (TPSA) is 90.5 Å². The third-order valence-corrected chi connectivity index (χ3v) is 5.93. The van der Waals surface area contributed by atoms with Crippen LogP contribution in [0.3, 0.4) is 0 Å². The van der Waals surface area contributed by atoms with Crippen LogP contribution in [0.15, 0.2) is 84.9 Å². The monoisotopic (exact) mass is 473 g/mol. The molecule has 0 bridgehead atoms. The fourth-order valence-electron chi connectivity index (χ4n) is 3.84. The number of carbonyl (C=O) groups excluding carboxylic acids is 2. The Morgan fingerprint density at radius 2 is 1.49 bits per heavy atom. The zero-order valence-corrected chi connectivity index (χ0v) is 20.4. The molecule has 2 amide bonds. The van der Waals surface area contributed by atoms with Gasteiger partial charge in [0.05, 0.1) is 12.1 Å². The van der Waals surface area contributed by atoms with Gasteiger partial charge >= 0.3 is 0 Å². The number of nitrogens with one attached hydrogen (secondary N) is 3. The van der Waals surface area contributed by atoms with E-state index in [-0.39, 0.29) is 17.9 Å². The lowest BCUT2D eigenvalue weighted by atomic mass is 9.99. The SMILES string of the molecule is CCCNC(=O)c1cccc(C(=O)N[C@@H](Cc2ccccc2)[C@H](O)CN[C@H](C)c2ccccc2)c1. The summed E-state index contributed by atoms with van der Waals surface area (Å²) < 4.78 is 0. The lowest BCUT2D eigenvalue weighted by molar-refractivity contribution is 0.0825. The number of benzene rings is 3. The lowest BCUT2D eigenvalue weighted by Crippen LogP contribution is -2.49. The molecule has 3 aromatic carbocycles. The third-order valence-electron chi connectivity index (χ3n) is 5.93. The first kappa shape index (κ1) is 26.1. The van der Waals surface area contributed by atoms with E-state index in [4.69, 9.17) is 0 Å². The molecular weight excluding hydrogens is 438 g/mol. The second-order valence-electron chi connectivity index (χ2n) is 8.71. The van der Waals surface area contributed by atoms with E-state index in [0.717, 1.165) is 17.5 Å². The molecule has 35 heavy (non-hydrogen) atoms. The predicted octanol–water partition coefficient (Wildman–Crippen LogP) is 3.88. The molecule has 0 fully saturated rings. The van der Waals surface area contributed by atoms with Gasteiger partial charge in [0.2, 0.25) is 0 Å². The summed E-state index contributed by atoms with van der Waals surface area (Å²) in [6, 6.07) is 26.0. The maximum absolute atomic E-state index is 13.1. The molecule has 0 aliphatic carbocycles. The molecule has 184 valence electrons. The van der Waals surface area contributed by atoms with Gasteiger partial charge in [-0.15, -0.1) is 0 Å². The van der Waals surface area contributed by atoms with Crippen molar-refractivity contribution in [2.45, 2.75) is 44.9 Å². The van der Waals surface area contributed by atoms with Crippen molar-refractivity contribution in [3.05, 3.63) is 107 Å². The van der Waals surface area contributed by atoms with Gasteiger partial charge in [0.25, 0.3) is 11.8 Å². The van der Waals surface area contributed by atoms with E-state index in [1.54, 1.807) is 24.3 Å². The molecular formula is C29H35N3O3. The van der Waals surface area contributed by atoms with Gasteiger partial charge < -0.3 is 21.1 Å². The Hall–Kier alpha value is -3.48. The van der Waals surface area contributed by atoms with Gasteiger partial charge in [-0.05, 0) is 49.1 Å². The summed E-state index contributed by atoms with van der Waals surface area (Å²) in [4.78, 5) is 25.4. The van der Waals surface area contributed by atoms with Crippen LogP contribution < -0.4 is 16.0 Å². The summed E-state index contributed by atoms with van der Waals surface area (Å²) in [6.07, 6.45) is 0.495. The van der Waals surface area contributed by atoms with E-state index >= 15 is 0 Å². The number of aliphatic hydroxyl groups excluding tert-OH is 1. The van der Waals surface area contributed by atoms with Crippen molar-refractivity contribution in [1.82, 2.24) is 16.0 Å². The molecule has 0 aromatic heterocycles. The number of carbonyl (C=O) groups is 2. The number of hydrogen-bond donors (Lipinski definition) is 4. The van der Waals surface area contributed by atoms with E-state index in [9.17, 15) is 14.7 Å². The van der Waals surface area contributed by atoms with Crippen molar-refractivity contribution in [2.24, 2.45) is 0 Å². The van der Waals surface area contributed by atoms with Crippen LogP contribution in [0, 0.1) is 0 Å². The highest BCUT2D eigenvalue weighted by molar-refractivity contribution is 5.99. The van der Waals surface area contributed by atoms with Crippen molar-refractivity contribution < 1.29 is 14.7 Å². The Morgan fingerprint density at radius 1 is 0.857 bits per heavy atom. The Morgan fingerprint density at radius 3 is 2.14 bits per heavy atom. The van der Waals surface area contributed by atoms with Gasteiger partial charge in [0.15, 0.2) is 0 Å². The molecule has 6 heteroatoms. The van der Waals surface area contributed by atoms with Crippen molar-refractivity contribution in [3.8, 4) is 0 Å². The highest BCUT2D eigenvalue weighted by Crippen LogP contribution is 2.13. The van der Waals surface area contributed by atoms with Gasteiger partial charge in [-0.3, -0.25) is 9.59 Å². The van der Waals surface area contributed by atoms with Gasteiger partial charge in [0.1, 0.15) is 0 Å². The molecule has 4 N–H and O–H groups in total. The minimum atomic E-state index is -0.818. The molecule has 0 spiro atoms. The largest absolute Gasteiger partial charge is 0.390 e. The Kier molecular flexibility index (Phi) is 10.0. The van der Waals surface area contributed by atoms with Crippen molar-refractivity contribution in [3.63, 3.8) is 0 Å². The van der Waals surface area contributed by atoms with Crippen molar-refractivity contribution in [1.29, 1.82) is 0 Å². The lowest BCUT2D eigenvalue weighted by Gasteiger charge is -2.26. The maximum atomic E-state index is 13.1. The van der Waals surface area contributed by atoms with Crippen molar-refractivity contribution >= 4 is 11.8 Å². The predicted molar refractivity (Wildman–Crippen MR) is 139 cm³/mol. The summed E-state index contributed by atoms with van der Waals surface area (Å²) >= 11 is 0. The Labute approximate surface area is 207 Å². The molecule has 0 radical (unpaired) electrons. The third kappa shape index (κ3) is 8.05. The highest BCUT2D eigenvalue weighted by Gasteiger charge is 2.23. The Balaban J connectivity index is 1.70. The van der Waals surface area contributed by atoms with Crippen LogP contribution in [-0.2, 0) is 6.42 Å². The number of hydrogen-bond acceptors (Lipinski definition) is 4. The highest BCUT2D eigenvalue weighted by atomic mass is 16.3. The molecule has 0 unspecified atom stereocenters. The summed E-state index contributed by atoms with van der Waals surface area (Å²) in [7, 11) is 0. The van der Waals surface area contributed by atoms with Gasteiger partial charge in [0, 0.05) is 30.3 Å². The first-order chi connectivity index (χ1) is 17.0. The fourth-order valence-corrected chi connectivity index (χ4v) is 3.84. The van der Waals surface area contributed by atoms with Crippen LogP contribution in [-0.4, -0.2) is 42.2 Å². The molecule has 0 aliphatic rings. The van der Waals surface area contributed by atoms with Crippen LogP contribution in [0.2, 0.25) is 0 Å². The van der Waals surface area contributed by atoms with E-state index in [1.807, 2.05) is 74.5 Å². The summed E-state index contributed by atoms with van der Waals surface area (Å²) in [5, 5.41) is 20.2. The minimum absolute atomic E-state index is 0.0530. The first-order valence-electron chi connectivity index (χ1n) is 12.2. The zero-order chi connectivity index (χ0) is 25.0. The average molecular weight is 474 g/mol. The van der Waals surface area contributed by atoms with Gasteiger partial charge in [-0.1, -0.05) is 73.7 Å². The number of amides is 2. The Bertz CT molecular complexity index is 1070.